The summed E-state index contributed by atoms with van der Waals surface area (Å²) < 4.78 is 19.2. The molecule has 0 N–H and O–H groups in total. The van der Waals surface area contributed by atoms with E-state index in [1.54, 1.807) is 32.0 Å². The molecule has 2 nitrogen and oxygen atoms in total. The molecule has 0 aliphatic carbocycles. The van der Waals surface area contributed by atoms with Crippen molar-refractivity contribution in [3.05, 3.63) is 41.7 Å². The van der Waals surface area contributed by atoms with Crippen LogP contribution in [-0.2, 0) is 0 Å². The molecule has 4 heteroatoms. The number of rotatable bonds is 2. The fraction of sp³-hybridized carbons (Fsp3) is 0.250. The van der Waals surface area contributed by atoms with Crippen LogP contribution < -0.4 is 0 Å². The van der Waals surface area contributed by atoms with Gasteiger partial charge in [0, 0.05) is 0 Å². The van der Waals surface area contributed by atoms with E-state index in [9.17, 15) is 4.39 Å². The molecule has 1 aromatic heterocycles. The van der Waals surface area contributed by atoms with E-state index >= 15 is 0 Å². The van der Waals surface area contributed by atoms with E-state index in [2.05, 4.69) is 4.98 Å². The van der Waals surface area contributed by atoms with Crippen LogP contribution in [-0.4, -0.2) is 4.98 Å². The second kappa shape index (κ2) is 4.26. The number of halogens is 2. The molecule has 0 fully saturated rings. The lowest BCUT2D eigenvalue weighted by Gasteiger charge is -2.01. The van der Waals surface area contributed by atoms with Crippen molar-refractivity contribution < 1.29 is 8.81 Å². The summed E-state index contributed by atoms with van der Waals surface area (Å²) in [5.74, 6) is 0.522. The number of oxazole rings is 1. The Bertz CT molecular complexity index is 507. The van der Waals surface area contributed by atoms with Gasteiger partial charge < -0.3 is 4.42 Å². The summed E-state index contributed by atoms with van der Waals surface area (Å²) in [4.78, 5) is 4.00. The highest BCUT2D eigenvalue weighted by molar-refractivity contribution is 6.20. The molecule has 0 bridgehead atoms. The molecule has 1 atom stereocenters. The van der Waals surface area contributed by atoms with E-state index in [1.165, 1.54) is 6.20 Å². The molecule has 0 aliphatic heterocycles. The van der Waals surface area contributed by atoms with Gasteiger partial charge in [-0.25, -0.2) is 9.37 Å². The van der Waals surface area contributed by atoms with Gasteiger partial charge in [0.1, 0.15) is 11.2 Å². The number of alkyl halides is 1. The molecule has 1 unspecified atom stereocenters. The van der Waals surface area contributed by atoms with Crippen LogP contribution in [0.1, 0.15) is 23.8 Å². The predicted octanol–water partition coefficient (Wildman–Crippen LogP) is 4.09. The molecule has 2 rings (SSSR count). The van der Waals surface area contributed by atoms with E-state index in [0.717, 1.165) is 0 Å². The first-order chi connectivity index (χ1) is 7.59. The lowest BCUT2D eigenvalue weighted by Crippen LogP contribution is -1.86. The maximum atomic E-state index is 13.8. The first-order valence-electron chi connectivity index (χ1n) is 4.95. The Morgan fingerprint density at radius 1 is 1.44 bits per heavy atom. The van der Waals surface area contributed by atoms with Crippen molar-refractivity contribution >= 4 is 11.6 Å². The SMILES string of the molecule is Cc1cccc(-c2cnc(C(C)Cl)o2)c1F. The zero-order valence-electron chi connectivity index (χ0n) is 9.00. The second-order valence-electron chi connectivity index (χ2n) is 3.62. The van der Waals surface area contributed by atoms with Gasteiger partial charge in [-0.1, -0.05) is 12.1 Å². The number of aromatic nitrogens is 1. The van der Waals surface area contributed by atoms with E-state index in [1.807, 2.05) is 0 Å². The Hall–Kier alpha value is -1.35. The summed E-state index contributed by atoms with van der Waals surface area (Å²) in [5.41, 5.74) is 0.991. The van der Waals surface area contributed by atoms with Crippen molar-refractivity contribution in [2.75, 3.05) is 0 Å². The van der Waals surface area contributed by atoms with Crippen LogP contribution >= 0.6 is 11.6 Å². The third-order valence-corrected chi connectivity index (χ3v) is 2.51. The molecule has 1 aromatic carbocycles. The highest BCUT2D eigenvalue weighted by Gasteiger charge is 2.14. The lowest BCUT2D eigenvalue weighted by molar-refractivity contribution is 0.503. The third kappa shape index (κ3) is 1.95. The third-order valence-electron chi connectivity index (χ3n) is 2.32. The van der Waals surface area contributed by atoms with E-state index < -0.39 is 0 Å². The molecule has 0 amide bonds. The van der Waals surface area contributed by atoms with Crippen molar-refractivity contribution in [3.63, 3.8) is 0 Å². The molecule has 0 spiro atoms. The summed E-state index contributed by atoms with van der Waals surface area (Å²) in [5, 5.41) is -0.318. The smallest absolute Gasteiger partial charge is 0.212 e. The predicted molar refractivity (Wildman–Crippen MR) is 60.9 cm³/mol. The molecule has 16 heavy (non-hydrogen) atoms. The van der Waals surface area contributed by atoms with Gasteiger partial charge in [-0.2, -0.15) is 0 Å². The fourth-order valence-corrected chi connectivity index (χ4v) is 1.53. The largest absolute Gasteiger partial charge is 0.439 e. The zero-order chi connectivity index (χ0) is 11.7. The van der Waals surface area contributed by atoms with Gasteiger partial charge in [-0.05, 0) is 25.5 Å². The van der Waals surface area contributed by atoms with Crippen molar-refractivity contribution in [2.24, 2.45) is 0 Å². The highest BCUT2D eigenvalue weighted by Crippen LogP contribution is 2.28. The Labute approximate surface area is 98.1 Å². The highest BCUT2D eigenvalue weighted by atomic mass is 35.5. The lowest BCUT2D eigenvalue weighted by atomic mass is 10.1. The minimum atomic E-state index is -0.318. The van der Waals surface area contributed by atoms with Crippen LogP contribution in [0.15, 0.2) is 28.8 Å². The van der Waals surface area contributed by atoms with Crippen LogP contribution in [0.5, 0.6) is 0 Å². The Morgan fingerprint density at radius 2 is 2.19 bits per heavy atom. The maximum absolute atomic E-state index is 13.8. The van der Waals surface area contributed by atoms with E-state index in [0.29, 0.717) is 22.8 Å². The summed E-state index contributed by atoms with van der Waals surface area (Å²) in [6, 6.07) is 5.14. The van der Waals surface area contributed by atoms with Gasteiger partial charge in [0.15, 0.2) is 5.76 Å². The molecule has 84 valence electrons. The molecule has 1 heterocycles. The number of hydrogen-bond acceptors (Lipinski definition) is 2. The van der Waals surface area contributed by atoms with Crippen LogP contribution in [0.25, 0.3) is 11.3 Å². The summed E-state index contributed by atoms with van der Waals surface area (Å²) in [7, 11) is 0. The molecule has 0 saturated carbocycles. The first kappa shape index (κ1) is 11.1. The quantitative estimate of drug-likeness (QED) is 0.738. The number of nitrogens with zero attached hydrogens (tertiary/aromatic N) is 1. The van der Waals surface area contributed by atoms with Gasteiger partial charge in [-0.15, -0.1) is 11.6 Å². The first-order valence-corrected chi connectivity index (χ1v) is 5.38. The summed E-state index contributed by atoms with van der Waals surface area (Å²) in [6.45, 7) is 3.46. The van der Waals surface area contributed by atoms with Crippen molar-refractivity contribution in [1.82, 2.24) is 4.98 Å². The minimum Gasteiger partial charge on any atom is -0.439 e. The van der Waals surface area contributed by atoms with Crippen LogP contribution in [0.4, 0.5) is 4.39 Å². The average Bonchev–Trinajstić information content (AvgIpc) is 2.71. The van der Waals surface area contributed by atoms with Crippen LogP contribution in [0.3, 0.4) is 0 Å². The zero-order valence-corrected chi connectivity index (χ0v) is 9.75. The van der Waals surface area contributed by atoms with Crippen molar-refractivity contribution in [1.29, 1.82) is 0 Å². The minimum absolute atomic E-state index is 0.285. The maximum Gasteiger partial charge on any atom is 0.212 e. The van der Waals surface area contributed by atoms with Crippen molar-refractivity contribution in [2.45, 2.75) is 19.2 Å². The van der Waals surface area contributed by atoms with Gasteiger partial charge in [-0.3, -0.25) is 0 Å². The average molecular weight is 240 g/mol. The Morgan fingerprint density at radius 3 is 2.81 bits per heavy atom. The molecular weight excluding hydrogens is 229 g/mol. The van der Waals surface area contributed by atoms with Gasteiger partial charge in [0.25, 0.3) is 0 Å². The topological polar surface area (TPSA) is 26.0 Å². The van der Waals surface area contributed by atoms with Crippen LogP contribution in [0.2, 0.25) is 0 Å². The van der Waals surface area contributed by atoms with E-state index in [-0.39, 0.29) is 11.2 Å². The molecule has 0 radical (unpaired) electrons. The number of hydrogen-bond donors (Lipinski definition) is 0. The van der Waals surface area contributed by atoms with Gasteiger partial charge in [0.2, 0.25) is 5.89 Å². The Balaban J connectivity index is 2.47. The van der Waals surface area contributed by atoms with Crippen LogP contribution in [0, 0.1) is 12.7 Å². The summed E-state index contributed by atoms with van der Waals surface area (Å²) in [6.07, 6.45) is 1.49. The van der Waals surface area contributed by atoms with Gasteiger partial charge in [0.05, 0.1) is 11.8 Å². The molecule has 0 saturated heterocycles. The summed E-state index contributed by atoms with van der Waals surface area (Å²) >= 11 is 5.83. The van der Waals surface area contributed by atoms with E-state index in [4.69, 9.17) is 16.0 Å². The molecule has 2 aromatic rings. The fourth-order valence-electron chi connectivity index (χ4n) is 1.43. The molecule has 0 aliphatic rings. The molecular formula is C12H11ClFNO. The Kier molecular flexibility index (Phi) is 2.97. The number of aryl methyl sites for hydroxylation is 1. The second-order valence-corrected chi connectivity index (χ2v) is 4.27. The van der Waals surface area contributed by atoms with Crippen molar-refractivity contribution in [3.8, 4) is 11.3 Å². The van der Waals surface area contributed by atoms with Gasteiger partial charge >= 0.3 is 0 Å². The monoisotopic (exact) mass is 239 g/mol. The normalized spacial score (nSPS) is 12.8. The number of benzene rings is 1. The standard InChI is InChI=1S/C12H11ClFNO/c1-7-4-3-5-9(11(7)14)10-6-15-12(16-10)8(2)13/h3-6,8H,1-2H3.